The zero-order valence-electron chi connectivity index (χ0n) is 24.3. The third-order valence-electron chi connectivity index (χ3n) is 7.94. The number of carbonyl (C=O) groups is 3. The molecule has 0 aromatic heterocycles. The first-order valence-corrected chi connectivity index (χ1v) is 15.0. The largest absolute Gasteiger partial charge is 0.494 e. The van der Waals surface area contributed by atoms with E-state index in [1.807, 2.05) is 44.2 Å². The maximum atomic E-state index is 13.6. The van der Waals surface area contributed by atoms with E-state index in [1.54, 1.807) is 28.0 Å². The molecule has 3 N–H and O–H groups in total. The molecule has 1 saturated heterocycles. The molecule has 1 aliphatic carbocycles. The Balaban J connectivity index is 1.52. The van der Waals surface area contributed by atoms with Gasteiger partial charge in [-0.2, -0.15) is 0 Å². The molecule has 0 radical (unpaired) electrons. The van der Waals surface area contributed by atoms with Crippen LogP contribution in [0.5, 0.6) is 5.75 Å². The van der Waals surface area contributed by atoms with Crippen molar-refractivity contribution in [1.29, 1.82) is 0 Å². The summed E-state index contributed by atoms with van der Waals surface area (Å²) in [7, 11) is 0. The highest BCUT2D eigenvalue weighted by atomic mass is 16.5. The van der Waals surface area contributed by atoms with Gasteiger partial charge in [-0.3, -0.25) is 9.59 Å². The Labute approximate surface area is 243 Å². The summed E-state index contributed by atoms with van der Waals surface area (Å²) in [5.41, 5.74) is 1.93. The van der Waals surface area contributed by atoms with E-state index in [4.69, 9.17) is 4.74 Å². The van der Waals surface area contributed by atoms with Gasteiger partial charge in [0, 0.05) is 42.9 Å². The molecule has 0 bridgehead atoms. The van der Waals surface area contributed by atoms with Crippen molar-refractivity contribution < 1.29 is 24.2 Å². The molecule has 4 amide bonds. The van der Waals surface area contributed by atoms with Gasteiger partial charge in [-0.1, -0.05) is 49.6 Å². The number of rotatable bonds is 12. The highest BCUT2D eigenvalue weighted by molar-refractivity contribution is 5.99. The zero-order valence-corrected chi connectivity index (χ0v) is 24.3. The van der Waals surface area contributed by atoms with Crippen LogP contribution in [-0.2, 0) is 11.2 Å². The van der Waals surface area contributed by atoms with E-state index in [0.29, 0.717) is 49.5 Å². The molecule has 2 atom stereocenters. The molecule has 9 heteroatoms. The zero-order chi connectivity index (χ0) is 29.2. The van der Waals surface area contributed by atoms with Gasteiger partial charge in [0.2, 0.25) is 5.91 Å². The van der Waals surface area contributed by atoms with Gasteiger partial charge in [0.05, 0.1) is 25.3 Å². The Morgan fingerprint density at radius 1 is 1.07 bits per heavy atom. The number of benzene rings is 2. The number of amides is 4. The van der Waals surface area contributed by atoms with Crippen molar-refractivity contribution in [2.75, 3.05) is 31.1 Å². The van der Waals surface area contributed by atoms with Crippen molar-refractivity contribution in [2.45, 2.75) is 83.4 Å². The van der Waals surface area contributed by atoms with Gasteiger partial charge < -0.3 is 30.3 Å². The number of hydrogen-bond donors (Lipinski definition) is 3. The van der Waals surface area contributed by atoms with Crippen LogP contribution in [0.4, 0.5) is 10.5 Å². The second-order valence-corrected chi connectivity index (χ2v) is 11.0. The summed E-state index contributed by atoms with van der Waals surface area (Å²) in [5, 5.41) is 17.6. The van der Waals surface area contributed by atoms with Crippen molar-refractivity contribution in [3.8, 4) is 5.75 Å². The van der Waals surface area contributed by atoms with Gasteiger partial charge >= 0.3 is 6.03 Å². The van der Waals surface area contributed by atoms with Crippen LogP contribution in [0.3, 0.4) is 0 Å². The summed E-state index contributed by atoms with van der Waals surface area (Å²) in [6, 6.07) is 14.1. The average Bonchev–Trinajstić information content (AvgIpc) is 3.42. The van der Waals surface area contributed by atoms with Crippen LogP contribution in [-0.4, -0.2) is 72.3 Å². The summed E-state index contributed by atoms with van der Waals surface area (Å²) < 4.78 is 5.72. The second-order valence-electron chi connectivity index (χ2n) is 11.0. The minimum absolute atomic E-state index is 0.0218. The third kappa shape index (κ3) is 8.45. The fourth-order valence-corrected chi connectivity index (χ4v) is 5.67. The molecule has 4 rings (SSSR count). The van der Waals surface area contributed by atoms with E-state index in [0.717, 1.165) is 37.7 Å². The SMILES string of the molecule is CCOc1cc(C(=O)NC(Cc2ccccc2)C(O)CN(CC)C(=O)NC2CCCCC2)cc(N2CCCC2=O)c1. The Hall–Kier alpha value is -3.59. The highest BCUT2D eigenvalue weighted by Gasteiger charge is 2.28. The fraction of sp³-hybridized carbons (Fsp3) is 0.531. The first kappa shape index (κ1) is 30.4. The number of hydrogen-bond acceptors (Lipinski definition) is 5. The van der Waals surface area contributed by atoms with E-state index in [-0.39, 0.29) is 30.4 Å². The molecule has 0 spiro atoms. The predicted molar refractivity (Wildman–Crippen MR) is 159 cm³/mol. The van der Waals surface area contributed by atoms with Crippen molar-refractivity contribution in [3.05, 3.63) is 59.7 Å². The van der Waals surface area contributed by atoms with Crippen LogP contribution < -0.4 is 20.3 Å². The van der Waals surface area contributed by atoms with Crippen molar-refractivity contribution in [1.82, 2.24) is 15.5 Å². The average molecular weight is 565 g/mol. The highest BCUT2D eigenvalue weighted by Crippen LogP contribution is 2.28. The minimum Gasteiger partial charge on any atom is -0.494 e. The number of urea groups is 1. The molecular weight excluding hydrogens is 520 g/mol. The van der Waals surface area contributed by atoms with Gasteiger partial charge in [-0.25, -0.2) is 4.79 Å². The topological polar surface area (TPSA) is 111 Å². The molecule has 2 unspecified atom stereocenters. The number of aliphatic hydroxyl groups excluding tert-OH is 1. The lowest BCUT2D eigenvalue weighted by atomic mass is 9.96. The predicted octanol–water partition coefficient (Wildman–Crippen LogP) is 4.28. The number of nitrogens with one attached hydrogen (secondary N) is 2. The van der Waals surface area contributed by atoms with Crippen molar-refractivity contribution in [3.63, 3.8) is 0 Å². The lowest BCUT2D eigenvalue weighted by Crippen LogP contribution is -2.53. The monoisotopic (exact) mass is 564 g/mol. The van der Waals surface area contributed by atoms with Crippen molar-refractivity contribution in [2.24, 2.45) is 0 Å². The fourth-order valence-electron chi connectivity index (χ4n) is 5.67. The summed E-state index contributed by atoms with van der Waals surface area (Å²) in [4.78, 5) is 42.4. The van der Waals surface area contributed by atoms with Gasteiger partial charge in [-0.15, -0.1) is 0 Å². The molecule has 2 aromatic carbocycles. The van der Waals surface area contributed by atoms with Crippen LogP contribution in [0.25, 0.3) is 0 Å². The quantitative estimate of drug-likeness (QED) is 0.356. The lowest BCUT2D eigenvalue weighted by molar-refractivity contribution is -0.117. The molecule has 2 fully saturated rings. The van der Waals surface area contributed by atoms with Crippen LogP contribution in [0.15, 0.2) is 48.5 Å². The lowest BCUT2D eigenvalue weighted by Gasteiger charge is -2.32. The Morgan fingerprint density at radius 3 is 2.49 bits per heavy atom. The summed E-state index contributed by atoms with van der Waals surface area (Å²) in [5.74, 6) is 0.147. The maximum Gasteiger partial charge on any atom is 0.317 e. The number of nitrogens with zero attached hydrogens (tertiary/aromatic N) is 2. The number of anilines is 1. The van der Waals surface area contributed by atoms with E-state index in [2.05, 4.69) is 10.6 Å². The minimum atomic E-state index is -1.01. The smallest absolute Gasteiger partial charge is 0.317 e. The third-order valence-corrected chi connectivity index (χ3v) is 7.94. The van der Waals surface area contributed by atoms with E-state index in [1.165, 1.54) is 6.42 Å². The van der Waals surface area contributed by atoms with E-state index >= 15 is 0 Å². The number of ether oxygens (including phenoxy) is 1. The second kappa shape index (κ2) is 14.9. The molecule has 9 nitrogen and oxygen atoms in total. The molecule has 2 aromatic rings. The Kier molecular flexibility index (Phi) is 11.0. The molecule has 1 heterocycles. The van der Waals surface area contributed by atoms with Gasteiger partial charge in [0.25, 0.3) is 5.91 Å². The van der Waals surface area contributed by atoms with Gasteiger partial charge in [0.1, 0.15) is 5.75 Å². The summed E-state index contributed by atoms with van der Waals surface area (Å²) in [6.07, 6.45) is 6.01. The number of likely N-dealkylation sites (N-methyl/N-ethyl adjacent to an activating group) is 1. The molecular formula is C32H44N4O5. The molecule has 1 aliphatic heterocycles. The normalized spacial score (nSPS) is 17.1. The first-order valence-electron chi connectivity index (χ1n) is 15.0. The molecule has 41 heavy (non-hydrogen) atoms. The Morgan fingerprint density at radius 2 is 1.83 bits per heavy atom. The molecule has 1 saturated carbocycles. The van der Waals surface area contributed by atoms with Crippen molar-refractivity contribution >= 4 is 23.5 Å². The number of aliphatic hydroxyl groups is 1. The maximum absolute atomic E-state index is 13.6. The van der Waals surface area contributed by atoms with Gasteiger partial charge in [-0.05, 0) is 57.2 Å². The van der Waals surface area contributed by atoms with E-state index < -0.39 is 12.1 Å². The van der Waals surface area contributed by atoms with Crippen LogP contribution in [0.1, 0.15) is 74.7 Å². The van der Waals surface area contributed by atoms with Crippen LogP contribution >= 0.6 is 0 Å². The van der Waals surface area contributed by atoms with Crippen LogP contribution in [0.2, 0.25) is 0 Å². The molecule has 2 aliphatic rings. The standard InChI is InChI=1S/C32H44N4O5/c1-3-35(32(40)33-25-14-9-6-10-15-25)22-29(37)28(18-23-12-7-5-8-13-23)34-31(39)24-19-26(21-27(20-24)41-4-2)36-17-11-16-30(36)38/h5,7-8,12-13,19-21,25,28-29,37H,3-4,6,9-11,14-18,22H2,1-2H3,(H,33,40)(H,34,39). The number of carbonyl (C=O) groups excluding carboxylic acids is 3. The first-order chi connectivity index (χ1) is 19.9. The van der Waals surface area contributed by atoms with Gasteiger partial charge in [0.15, 0.2) is 0 Å². The molecule has 222 valence electrons. The Bertz CT molecular complexity index is 1170. The summed E-state index contributed by atoms with van der Waals surface area (Å²) in [6.45, 7) is 5.29. The summed E-state index contributed by atoms with van der Waals surface area (Å²) >= 11 is 0. The van der Waals surface area contributed by atoms with E-state index in [9.17, 15) is 19.5 Å². The van der Waals surface area contributed by atoms with Crippen LogP contribution in [0, 0.1) is 0 Å².